The van der Waals surface area contributed by atoms with Gasteiger partial charge in [-0.1, -0.05) is 0 Å². The average Bonchev–Trinajstić information content (AvgIpc) is 2.34. The molecule has 4 nitrogen and oxygen atoms in total. The SMILES string of the molecule is O=C(O)CNC1CCNC1. The molecule has 0 aromatic carbocycles. The van der Waals surface area contributed by atoms with E-state index in [0.717, 1.165) is 19.5 Å². The Morgan fingerprint density at radius 1 is 1.80 bits per heavy atom. The zero-order valence-electron chi connectivity index (χ0n) is 5.76. The lowest BCUT2D eigenvalue weighted by Gasteiger charge is -2.07. The number of hydrogen-bond acceptors (Lipinski definition) is 3. The number of carboxylic acids is 1. The molecule has 1 aliphatic heterocycles. The van der Waals surface area contributed by atoms with Crippen LogP contribution in [0.3, 0.4) is 0 Å². The van der Waals surface area contributed by atoms with Gasteiger partial charge in [-0.05, 0) is 13.0 Å². The Kier molecular flexibility index (Phi) is 2.65. The maximum Gasteiger partial charge on any atom is 0.317 e. The van der Waals surface area contributed by atoms with Crippen molar-refractivity contribution in [2.24, 2.45) is 0 Å². The van der Waals surface area contributed by atoms with Crippen LogP contribution < -0.4 is 10.6 Å². The molecule has 0 aliphatic carbocycles. The second-order valence-corrected chi connectivity index (χ2v) is 2.46. The van der Waals surface area contributed by atoms with Crippen LogP contribution in [0.15, 0.2) is 0 Å². The van der Waals surface area contributed by atoms with Gasteiger partial charge in [0.05, 0.1) is 6.54 Å². The van der Waals surface area contributed by atoms with Crippen molar-refractivity contribution in [2.75, 3.05) is 19.6 Å². The minimum Gasteiger partial charge on any atom is -0.480 e. The maximum atomic E-state index is 10.1. The topological polar surface area (TPSA) is 61.4 Å². The third-order valence-corrected chi connectivity index (χ3v) is 1.60. The molecule has 0 amide bonds. The lowest BCUT2D eigenvalue weighted by atomic mass is 10.3. The molecular weight excluding hydrogens is 132 g/mol. The van der Waals surface area contributed by atoms with Crippen LogP contribution in [0.25, 0.3) is 0 Å². The van der Waals surface area contributed by atoms with Gasteiger partial charge in [-0.3, -0.25) is 4.79 Å². The zero-order valence-corrected chi connectivity index (χ0v) is 5.76. The van der Waals surface area contributed by atoms with E-state index >= 15 is 0 Å². The summed E-state index contributed by atoms with van der Waals surface area (Å²) in [6.07, 6.45) is 1.03. The van der Waals surface area contributed by atoms with E-state index in [1.807, 2.05) is 0 Å². The molecule has 0 aromatic heterocycles. The van der Waals surface area contributed by atoms with Gasteiger partial charge in [0, 0.05) is 12.6 Å². The summed E-state index contributed by atoms with van der Waals surface area (Å²) in [5, 5.41) is 14.4. The fourth-order valence-corrected chi connectivity index (χ4v) is 1.06. The van der Waals surface area contributed by atoms with Crippen LogP contribution >= 0.6 is 0 Å². The molecule has 1 unspecified atom stereocenters. The number of nitrogens with one attached hydrogen (secondary N) is 2. The quantitative estimate of drug-likeness (QED) is 0.476. The van der Waals surface area contributed by atoms with Crippen LogP contribution in [-0.4, -0.2) is 36.8 Å². The van der Waals surface area contributed by atoms with E-state index in [4.69, 9.17) is 5.11 Å². The molecule has 3 N–H and O–H groups in total. The van der Waals surface area contributed by atoms with Crippen molar-refractivity contribution in [2.45, 2.75) is 12.5 Å². The standard InChI is InChI=1S/C6H12N2O2/c9-6(10)4-8-5-1-2-7-3-5/h5,7-8H,1-4H2,(H,9,10). The number of carbonyl (C=O) groups is 1. The Hall–Kier alpha value is -0.610. The molecule has 1 atom stereocenters. The van der Waals surface area contributed by atoms with E-state index in [0.29, 0.717) is 6.04 Å². The minimum atomic E-state index is -0.785. The second kappa shape index (κ2) is 3.53. The fraction of sp³-hybridized carbons (Fsp3) is 0.833. The zero-order chi connectivity index (χ0) is 7.40. The highest BCUT2D eigenvalue weighted by Gasteiger charge is 2.13. The summed E-state index contributed by atoms with van der Waals surface area (Å²) in [6.45, 7) is 1.97. The van der Waals surface area contributed by atoms with Gasteiger partial charge in [-0.2, -0.15) is 0 Å². The van der Waals surface area contributed by atoms with Crippen LogP contribution in [0.4, 0.5) is 0 Å². The smallest absolute Gasteiger partial charge is 0.317 e. The van der Waals surface area contributed by atoms with E-state index in [1.165, 1.54) is 0 Å². The molecule has 1 saturated heterocycles. The monoisotopic (exact) mass is 144 g/mol. The molecular formula is C6H12N2O2. The minimum absolute atomic E-state index is 0.0757. The summed E-state index contributed by atoms with van der Waals surface area (Å²) in [5.74, 6) is -0.785. The molecule has 0 spiro atoms. The van der Waals surface area contributed by atoms with Gasteiger partial charge in [-0.25, -0.2) is 0 Å². The molecule has 0 aromatic rings. The summed E-state index contributed by atoms with van der Waals surface area (Å²) in [5.41, 5.74) is 0. The molecule has 1 rings (SSSR count). The first-order valence-corrected chi connectivity index (χ1v) is 3.45. The first kappa shape index (κ1) is 7.50. The Labute approximate surface area is 59.6 Å². The highest BCUT2D eigenvalue weighted by molar-refractivity contribution is 5.69. The van der Waals surface area contributed by atoms with Gasteiger partial charge >= 0.3 is 5.97 Å². The Bertz CT molecular complexity index is 121. The van der Waals surface area contributed by atoms with Gasteiger partial charge in [-0.15, -0.1) is 0 Å². The molecule has 1 fully saturated rings. The Morgan fingerprint density at radius 2 is 2.60 bits per heavy atom. The summed E-state index contributed by atoms with van der Waals surface area (Å²) >= 11 is 0. The third-order valence-electron chi connectivity index (χ3n) is 1.60. The molecule has 0 saturated carbocycles. The number of carboxylic acid groups (broad SMARTS) is 1. The van der Waals surface area contributed by atoms with Gasteiger partial charge in [0.1, 0.15) is 0 Å². The van der Waals surface area contributed by atoms with Crippen molar-refractivity contribution in [3.8, 4) is 0 Å². The molecule has 4 heteroatoms. The van der Waals surface area contributed by atoms with Gasteiger partial charge in [0.15, 0.2) is 0 Å². The maximum absolute atomic E-state index is 10.1. The van der Waals surface area contributed by atoms with Crippen molar-refractivity contribution in [1.82, 2.24) is 10.6 Å². The first-order valence-electron chi connectivity index (χ1n) is 3.45. The second-order valence-electron chi connectivity index (χ2n) is 2.46. The van der Waals surface area contributed by atoms with Gasteiger partial charge in [0.2, 0.25) is 0 Å². The molecule has 58 valence electrons. The van der Waals surface area contributed by atoms with Crippen LogP contribution in [-0.2, 0) is 4.79 Å². The lowest BCUT2D eigenvalue weighted by Crippen LogP contribution is -2.34. The first-order chi connectivity index (χ1) is 4.79. The fourth-order valence-electron chi connectivity index (χ4n) is 1.06. The molecule has 1 aliphatic rings. The summed E-state index contributed by atoms with van der Waals surface area (Å²) in [7, 11) is 0. The van der Waals surface area contributed by atoms with Crippen molar-refractivity contribution in [1.29, 1.82) is 0 Å². The number of aliphatic carboxylic acids is 1. The molecule has 0 bridgehead atoms. The summed E-state index contributed by atoms with van der Waals surface area (Å²) in [6, 6.07) is 0.357. The van der Waals surface area contributed by atoms with Crippen LogP contribution in [0, 0.1) is 0 Å². The van der Waals surface area contributed by atoms with Crippen molar-refractivity contribution in [3.63, 3.8) is 0 Å². The highest BCUT2D eigenvalue weighted by atomic mass is 16.4. The van der Waals surface area contributed by atoms with E-state index in [9.17, 15) is 4.79 Å². The van der Waals surface area contributed by atoms with Crippen LogP contribution in [0.2, 0.25) is 0 Å². The molecule has 10 heavy (non-hydrogen) atoms. The average molecular weight is 144 g/mol. The highest BCUT2D eigenvalue weighted by Crippen LogP contribution is 1.95. The lowest BCUT2D eigenvalue weighted by molar-refractivity contribution is -0.136. The normalized spacial score (nSPS) is 25.0. The van der Waals surface area contributed by atoms with Crippen molar-refractivity contribution < 1.29 is 9.90 Å². The van der Waals surface area contributed by atoms with Gasteiger partial charge in [0.25, 0.3) is 0 Å². The van der Waals surface area contributed by atoms with Gasteiger partial charge < -0.3 is 15.7 Å². The third kappa shape index (κ3) is 2.33. The van der Waals surface area contributed by atoms with Crippen LogP contribution in [0.1, 0.15) is 6.42 Å². The predicted molar refractivity (Wildman–Crippen MR) is 36.9 cm³/mol. The van der Waals surface area contributed by atoms with E-state index < -0.39 is 5.97 Å². The summed E-state index contributed by atoms with van der Waals surface area (Å²) in [4.78, 5) is 10.1. The Morgan fingerprint density at radius 3 is 3.10 bits per heavy atom. The predicted octanol–water partition coefficient (Wildman–Crippen LogP) is -0.977. The van der Waals surface area contributed by atoms with E-state index in [1.54, 1.807) is 0 Å². The van der Waals surface area contributed by atoms with Crippen LogP contribution in [0.5, 0.6) is 0 Å². The van der Waals surface area contributed by atoms with E-state index in [-0.39, 0.29) is 6.54 Å². The molecule has 0 radical (unpaired) electrons. The largest absolute Gasteiger partial charge is 0.480 e. The van der Waals surface area contributed by atoms with E-state index in [2.05, 4.69) is 10.6 Å². The Balaban J connectivity index is 2.07. The van der Waals surface area contributed by atoms with Crippen molar-refractivity contribution >= 4 is 5.97 Å². The number of rotatable bonds is 3. The summed E-state index contributed by atoms with van der Waals surface area (Å²) < 4.78 is 0. The molecule has 1 heterocycles. The van der Waals surface area contributed by atoms with Crippen molar-refractivity contribution in [3.05, 3.63) is 0 Å². The number of hydrogen-bond donors (Lipinski definition) is 3.